The van der Waals surface area contributed by atoms with Crippen molar-refractivity contribution in [3.63, 3.8) is 0 Å². The molecule has 0 aliphatic carbocycles. The molecular weight excluding hydrogens is 380 g/mol. The molecule has 1 amide bonds. The van der Waals surface area contributed by atoms with Crippen LogP contribution in [-0.2, 0) is 4.74 Å². The Morgan fingerprint density at radius 3 is 2.57 bits per heavy atom. The van der Waals surface area contributed by atoms with Crippen molar-refractivity contribution in [2.24, 2.45) is 0 Å². The van der Waals surface area contributed by atoms with Crippen molar-refractivity contribution in [3.8, 4) is 5.88 Å². The molecule has 2 aromatic heterocycles. The van der Waals surface area contributed by atoms with E-state index in [0.29, 0.717) is 16.5 Å². The molecule has 0 saturated carbocycles. The molecule has 2 aliphatic rings. The fourth-order valence-corrected chi connectivity index (χ4v) is 4.49. The minimum Gasteiger partial charge on any atom is -0.493 e. The molecule has 8 heteroatoms. The summed E-state index contributed by atoms with van der Waals surface area (Å²) in [4.78, 5) is 23.1. The van der Waals surface area contributed by atoms with Crippen LogP contribution in [0, 0.1) is 0 Å². The van der Waals surface area contributed by atoms with Gasteiger partial charge < -0.3 is 20.1 Å². The second-order valence-corrected chi connectivity index (χ2v) is 9.00. The molecule has 28 heavy (non-hydrogen) atoms. The number of fused-ring (bicyclic) bond motifs is 3. The zero-order valence-corrected chi connectivity index (χ0v) is 17.0. The molecule has 4 heterocycles. The van der Waals surface area contributed by atoms with Gasteiger partial charge in [-0.25, -0.2) is 14.8 Å². The van der Waals surface area contributed by atoms with Crippen LogP contribution in [0.2, 0.25) is 5.15 Å². The molecule has 0 unspecified atom stereocenters. The van der Waals surface area contributed by atoms with Gasteiger partial charge in [0, 0.05) is 35.6 Å². The highest BCUT2D eigenvalue weighted by atomic mass is 35.5. The number of hydrogen-bond donors (Lipinski definition) is 2. The largest absolute Gasteiger partial charge is 0.493 e. The highest BCUT2D eigenvalue weighted by Crippen LogP contribution is 2.38. The number of aromatic nitrogens is 2. The van der Waals surface area contributed by atoms with Crippen LogP contribution in [0.4, 0.5) is 10.6 Å². The van der Waals surface area contributed by atoms with Crippen molar-refractivity contribution in [3.05, 3.63) is 23.4 Å². The predicted molar refractivity (Wildman–Crippen MR) is 108 cm³/mol. The molecule has 2 bridgehead atoms. The monoisotopic (exact) mass is 404 g/mol. The summed E-state index contributed by atoms with van der Waals surface area (Å²) in [6, 6.07) is 5.47. The maximum Gasteiger partial charge on any atom is 0.410 e. The van der Waals surface area contributed by atoms with Crippen molar-refractivity contribution in [2.45, 2.75) is 70.2 Å². The number of nitrogens with one attached hydrogen (secondary N) is 1. The Kier molecular flexibility index (Phi) is 4.73. The lowest BCUT2D eigenvalue weighted by Gasteiger charge is -2.39. The zero-order chi connectivity index (χ0) is 20.1. The standard InChI is InChI=1S/C20H25ClN4O3/c1-20(2,3)28-19(27)25-12-4-5-13(25)9-11(8-12)22-18-14-6-7-17(26)23-15(14)10-16(21)24-18/h6-7,10-13H,4-5,8-9H2,1-3H3,(H,22,24)(H,23,26)/t11-,12+,13-. The molecule has 0 spiro atoms. The van der Waals surface area contributed by atoms with Gasteiger partial charge in [0.05, 0.1) is 5.52 Å². The lowest BCUT2D eigenvalue weighted by molar-refractivity contribution is 0.00683. The van der Waals surface area contributed by atoms with Crippen molar-refractivity contribution in [1.82, 2.24) is 14.9 Å². The van der Waals surface area contributed by atoms with E-state index in [2.05, 4.69) is 15.3 Å². The Labute approximate surface area is 169 Å². The average Bonchev–Trinajstić information content (AvgIpc) is 2.84. The van der Waals surface area contributed by atoms with Crippen molar-refractivity contribution in [2.75, 3.05) is 5.32 Å². The van der Waals surface area contributed by atoms with Crippen LogP contribution in [-0.4, -0.2) is 49.8 Å². The van der Waals surface area contributed by atoms with Crippen LogP contribution in [0.25, 0.3) is 10.9 Å². The quantitative estimate of drug-likeness (QED) is 0.724. The van der Waals surface area contributed by atoms with Gasteiger partial charge in [-0.3, -0.25) is 0 Å². The molecule has 7 nitrogen and oxygen atoms in total. The van der Waals surface area contributed by atoms with E-state index in [9.17, 15) is 9.90 Å². The Morgan fingerprint density at radius 2 is 1.93 bits per heavy atom. The molecule has 2 saturated heterocycles. The van der Waals surface area contributed by atoms with E-state index in [4.69, 9.17) is 16.3 Å². The summed E-state index contributed by atoms with van der Waals surface area (Å²) in [6.07, 6.45) is 3.42. The van der Waals surface area contributed by atoms with E-state index in [-0.39, 0.29) is 30.1 Å². The third-order valence-electron chi connectivity index (χ3n) is 5.32. The van der Waals surface area contributed by atoms with Gasteiger partial charge in [0.25, 0.3) is 0 Å². The van der Waals surface area contributed by atoms with Gasteiger partial charge in [-0.15, -0.1) is 0 Å². The lowest BCUT2D eigenvalue weighted by Crippen LogP contribution is -2.51. The number of aromatic hydroxyl groups is 1. The van der Waals surface area contributed by atoms with E-state index < -0.39 is 5.60 Å². The summed E-state index contributed by atoms with van der Waals surface area (Å²) in [5.41, 5.74) is 0.102. The highest BCUT2D eigenvalue weighted by molar-refractivity contribution is 6.30. The fourth-order valence-electron chi connectivity index (χ4n) is 4.30. The van der Waals surface area contributed by atoms with Gasteiger partial charge >= 0.3 is 6.09 Å². The van der Waals surface area contributed by atoms with E-state index in [1.807, 2.05) is 25.7 Å². The number of anilines is 1. The number of carbonyl (C=O) groups excluding carboxylic acids is 1. The first kappa shape index (κ1) is 19.1. The Bertz CT molecular complexity index is 895. The van der Waals surface area contributed by atoms with Gasteiger partial charge in [-0.2, -0.15) is 0 Å². The number of halogens is 1. The minimum absolute atomic E-state index is 0.0515. The number of hydrogen-bond acceptors (Lipinski definition) is 6. The number of rotatable bonds is 2. The first-order chi connectivity index (χ1) is 13.2. The molecular formula is C20H25ClN4O3. The van der Waals surface area contributed by atoms with E-state index in [1.54, 1.807) is 12.1 Å². The molecule has 3 atom stereocenters. The predicted octanol–water partition coefficient (Wildman–Crippen LogP) is 4.33. The van der Waals surface area contributed by atoms with E-state index in [0.717, 1.165) is 31.1 Å². The molecule has 150 valence electrons. The van der Waals surface area contributed by atoms with Gasteiger partial charge in [0.1, 0.15) is 16.6 Å². The second-order valence-electron chi connectivity index (χ2n) is 8.61. The topological polar surface area (TPSA) is 87.6 Å². The van der Waals surface area contributed by atoms with E-state index >= 15 is 0 Å². The van der Waals surface area contributed by atoms with Crippen molar-refractivity contribution < 1.29 is 14.6 Å². The molecule has 2 N–H and O–H groups in total. The Morgan fingerprint density at radius 1 is 1.25 bits per heavy atom. The van der Waals surface area contributed by atoms with Gasteiger partial charge in [0.2, 0.25) is 5.88 Å². The first-order valence-electron chi connectivity index (χ1n) is 9.64. The number of ether oxygens (including phenoxy) is 1. The Balaban J connectivity index is 1.52. The number of carbonyl (C=O) groups is 1. The van der Waals surface area contributed by atoms with Gasteiger partial charge in [-0.05, 0) is 52.5 Å². The number of nitrogens with zero attached hydrogens (tertiary/aromatic N) is 3. The molecule has 2 aromatic rings. The third kappa shape index (κ3) is 3.81. The summed E-state index contributed by atoms with van der Waals surface area (Å²) < 4.78 is 5.60. The van der Waals surface area contributed by atoms with Gasteiger partial charge in [-0.1, -0.05) is 11.6 Å². The molecule has 0 radical (unpaired) electrons. The zero-order valence-electron chi connectivity index (χ0n) is 16.3. The molecule has 0 aromatic carbocycles. The molecule has 2 aliphatic heterocycles. The number of piperidine rings is 1. The summed E-state index contributed by atoms with van der Waals surface area (Å²) in [5, 5.41) is 14.3. The summed E-state index contributed by atoms with van der Waals surface area (Å²) >= 11 is 6.15. The van der Waals surface area contributed by atoms with Crippen molar-refractivity contribution in [1.29, 1.82) is 0 Å². The summed E-state index contributed by atoms with van der Waals surface area (Å²) in [5.74, 6) is 0.606. The average molecular weight is 405 g/mol. The van der Waals surface area contributed by atoms with Crippen LogP contribution in [0.1, 0.15) is 46.5 Å². The normalized spacial score (nSPS) is 24.4. The SMILES string of the molecule is CC(C)(C)OC(=O)N1[C@@H]2CC[C@H]1C[C@@H](Nc1nc(Cl)cc3nc(O)ccc13)C2. The number of amides is 1. The molecule has 2 fully saturated rings. The smallest absolute Gasteiger partial charge is 0.410 e. The van der Waals surface area contributed by atoms with Crippen molar-refractivity contribution >= 4 is 34.4 Å². The van der Waals surface area contributed by atoms with Crippen LogP contribution in [0.5, 0.6) is 5.88 Å². The maximum absolute atomic E-state index is 12.6. The summed E-state index contributed by atoms with van der Waals surface area (Å²) in [7, 11) is 0. The maximum atomic E-state index is 12.6. The second kappa shape index (κ2) is 6.95. The Hall–Kier alpha value is -2.28. The summed E-state index contributed by atoms with van der Waals surface area (Å²) in [6.45, 7) is 5.68. The van der Waals surface area contributed by atoms with Crippen LogP contribution in [0.15, 0.2) is 18.2 Å². The lowest BCUT2D eigenvalue weighted by atomic mass is 9.97. The first-order valence-corrected chi connectivity index (χ1v) is 10.0. The number of pyridine rings is 2. The minimum atomic E-state index is -0.492. The van der Waals surface area contributed by atoms with Crippen LogP contribution < -0.4 is 5.32 Å². The van der Waals surface area contributed by atoms with E-state index in [1.165, 1.54) is 6.07 Å². The highest BCUT2D eigenvalue weighted by Gasteiger charge is 2.45. The molecule has 4 rings (SSSR count). The third-order valence-corrected chi connectivity index (χ3v) is 5.51. The fraction of sp³-hybridized carbons (Fsp3) is 0.550. The van der Waals surface area contributed by atoms with Crippen LogP contribution >= 0.6 is 11.6 Å². The van der Waals surface area contributed by atoms with Gasteiger partial charge in [0.15, 0.2) is 0 Å². The van der Waals surface area contributed by atoms with Crippen LogP contribution in [0.3, 0.4) is 0 Å².